The summed E-state index contributed by atoms with van der Waals surface area (Å²) in [4.78, 5) is 17.7. The van der Waals surface area contributed by atoms with Gasteiger partial charge in [-0.3, -0.25) is 9.36 Å². The van der Waals surface area contributed by atoms with Crippen LogP contribution in [0.1, 0.15) is 23.5 Å². The van der Waals surface area contributed by atoms with Crippen LogP contribution in [0.3, 0.4) is 0 Å². The van der Waals surface area contributed by atoms with Gasteiger partial charge >= 0.3 is 0 Å². The number of aliphatic hydroxyl groups excluding tert-OH is 1. The minimum absolute atomic E-state index is 0.0185. The van der Waals surface area contributed by atoms with E-state index >= 15 is 0 Å². The third-order valence-electron chi connectivity index (χ3n) is 5.58. The van der Waals surface area contributed by atoms with Crippen LogP contribution in [0.25, 0.3) is 34.0 Å². The van der Waals surface area contributed by atoms with E-state index in [0.717, 1.165) is 27.9 Å². The van der Waals surface area contributed by atoms with Gasteiger partial charge in [-0.1, -0.05) is 12.1 Å². The summed E-state index contributed by atoms with van der Waals surface area (Å²) < 4.78 is 9.18. The van der Waals surface area contributed by atoms with Gasteiger partial charge in [0.2, 0.25) is 0 Å². The lowest BCUT2D eigenvalue weighted by Crippen LogP contribution is -2.24. The van der Waals surface area contributed by atoms with E-state index in [9.17, 15) is 9.90 Å². The number of hydrogen-bond donors (Lipinski definition) is 1. The van der Waals surface area contributed by atoms with E-state index in [0.29, 0.717) is 29.7 Å². The highest BCUT2D eigenvalue weighted by atomic mass is 16.5. The summed E-state index contributed by atoms with van der Waals surface area (Å²) in [5.74, 6) is 1.37. The van der Waals surface area contributed by atoms with Crippen molar-refractivity contribution in [1.82, 2.24) is 14.1 Å². The van der Waals surface area contributed by atoms with E-state index in [1.807, 2.05) is 55.6 Å². The topological polar surface area (TPSA) is 69.3 Å². The predicted molar refractivity (Wildman–Crippen MR) is 121 cm³/mol. The molecule has 0 aliphatic carbocycles. The molecule has 0 aliphatic rings. The van der Waals surface area contributed by atoms with E-state index in [1.54, 1.807) is 17.7 Å². The maximum Gasteiger partial charge on any atom is 0.261 e. The van der Waals surface area contributed by atoms with E-state index in [4.69, 9.17) is 9.72 Å². The zero-order valence-electron chi connectivity index (χ0n) is 17.4. The number of aromatic nitrogens is 3. The number of hydrogen-bond acceptors (Lipinski definition) is 4. The maximum absolute atomic E-state index is 13.0. The van der Waals surface area contributed by atoms with E-state index < -0.39 is 0 Å². The molecule has 0 saturated heterocycles. The molecule has 0 spiro atoms. The fraction of sp³-hybridized carbons (Fsp3) is 0.250. The number of benzene rings is 2. The molecule has 2 aromatic heterocycles. The van der Waals surface area contributed by atoms with E-state index in [2.05, 4.69) is 11.5 Å². The van der Waals surface area contributed by atoms with Gasteiger partial charge in [-0.05, 0) is 55.8 Å². The van der Waals surface area contributed by atoms with Crippen molar-refractivity contribution < 1.29 is 9.84 Å². The summed E-state index contributed by atoms with van der Waals surface area (Å²) in [7, 11) is 3.69. The Morgan fingerprint density at radius 1 is 1.13 bits per heavy atom. The molecule has 0 amide bonds. The van der Waals surface area contributed by atoms with Gasteiger partial charge in [0.25, 0.3) is 5.56 Å². The second kappa shape index (κ2) is 8.16. The molecule has 1 N–H and O–H groups in total. The average molecular weight is 403 g/mol. The Labute approximate surface area is 174 Å². The first-order valence-electron chi connectivity index (χ1n) is 9.96. The number of fused-ring (bicyclic) bond motifs is 2. The zero-order valence-corrected chi connectivity index (χ0v) is 17.4. The van der Waals surface area contributed by atoms with Crippen molar-refractivity contribution in [2.24, 2.45) is 7.05 Å². The molecule has 2 heterocycles. The summed E-state index contributed by atoms with van der Waals surface area (Å²) in [5.41, 5.74) is 3.85. The molecule has 2 aromatic carbocycles. The normalized spacial score (nSPS) is 11.7. The quantitative estimate of drug-likeness (QED) is 0.532. The first-order valence-corrected chi connectivity index (χ1v) is 9.96. The highest BCUT2D eigenvalue weighted by Crippen LogP contribution is 2.30. The summed E-state index contributed by atoms with van der Waals surface area (Å²) in [6.07, 6.45) is 4.38. The average Bonchev–Trinajstić information content (AvgIpc) is 3.01. The third kappa shape index (κ3) is 3.39. The van der Waals surface area contributed by atoms with Gasteiger partial charge in [0, 0.05) is 42.4 Å². The molecule has 4 rings (SSSR count). The van der Waals surface area contributed by atoms with Crippen molar-refractivity contribution in [3.8, 4) is 5.75 Å². The molecule has 6 heteroatoms. The molecule has 0 radical (unpaired) electrons. The third-order valence-corrected chi connectivity index (χ3v) is 5.58. The molecule has 30 heavy (non-hydrogen) atoms. The first kappa shape index (κ1) is 19.9. The largest absolute Gasteiger partial charge is 0.497 e. The molecule has 0 bridgehead atoms. The van der Waals surface area contributed by atoms with Crippen molar-refractivity contribution in [3.05, 3.63) is 69.9 Å². The summed E-state index contributed by atoms with van der Waals surface area (Å²) in [6.45, 7) is 2.50. The predicted octanol–water partition coefficient (Wildman–Crippen LogP) is 3.76. The minimum atomic E-state index is -0.0926. The molecular weight excluding hydrogens is 378 g/mol. The summed E-state index contributed by atoms with van der Waals surface area (Å²) >= 11 is 0. The van der Waals surface area contributed by atoms with Crippen molar-refractivity contribution in [3.63, 3.8) is 0 Å². The van der Waals surface area contributed by atoms with Gasteiger partial charge < -0.3 is 14.4 Å². The van der Waals surface area contributed by atoms with E-state index in [-0.39, 0.29) is 12.2 Å². The standard InChI is InChI=1S/C24H25N3O3/c1-16-18(20-15-17(30-3)9-11-22(20)26(16)2)10-12-23-25-21-8-5-4-7-19(21)24(29)27(23)13-6-14-28/h4-5,7-12,15,28H,6,13-14H2,1-3H3/b12-10+. The first-order chi connectivity index (χ1) is 14.5. The Hall–Kier alpha value is -3.38. The number of rotatable bonds is 6. The van der Waals surface area contributed by atoms with Crippen molar-refractivity contribution in [1.29, 1.82) is 0 Å². The van der Waals surface area contributed by atoms with Crippen LogP contribution < -0.4 is 10.3 Å². The van der Waals surface area contributed by atoms with Gasteiger partial charge in [0.1, 0.15) is 11.6 Å². The number of aliphatic hydroxyl groups is 1. The van der Waals surface area contributed by atoms with Crippen molar-refractivity contribution >= 4 is 34.0 Å². The summed E-state index contributed by atoms with van der Waals surface area (Å²) in [5, 5.41) is 10.9. The molecule has 0 atom stereocenters. The summed E-state index contributed by atoms with van der Waals surface area (Å²) in [6, 6.07) is 13.4. The van der Waals surface area contributed by atoms with Crippen LogP contribution in [0, 0.1) is 6.92 Å². The Morgan fingerprint density at radius 2 is 1.93 bits per heavy atom. The van der Waals surface area contributed by atoms with Crippen LogP contribution in [-0.2, 0) is 13.6 Å². The number of nitrogens with zero attached hydrogens (tertiary/aromatic N) is 3. The lowest BCUT2D eigenvalue weighted by atomic mass is 10.1. The SMILES string of the molecule is COc1ccc2c(c1)c(/C=C/c1nc3ccccc3c(=O)n1CCCO)c(C)n2C. The number of ether oxygens (including phenoxy) is 1. The van der Waals surface area contributed by atoms with Crippen LogP contribution >= 0.6 is 0 Å². The zero-order chi connectivity index (χ0) is 21.3. The fourth-order valence-electron chi connectivity index (χ4n) is 3.83. The van der Waals surface area contributed by atoms with Crippen molar-refractivity contribution in [2.75, 3.05) is 13.7 Å². The van der Waals surface area contributed by atoms with E-state index in [1.165, 1.54) is 0 Å². The monoisotopic (exact) mass is 403 g/mol. The van der Waals surface area contributed by atoms with Gasteiger partial charge in [-0.15, -0.1) is 0 Å². The lowest BCUT2D eigenvalue weighted by molar-refractivity contribution is 0.278. The highest BCUT2D eigenvalue weighted by Gasteiger charge is 2.12. The smallest absolute Gasteiger partial charge is 0.261 e. The van der Waals surface area contributed by atoms with Crippen LogP contribution in [0.4, 0.5) is 0 Å². The van der Waals surface area contributed by atoms with Crippen LogP contribution in [0.5, 0.6) is 5.75 Å². The van der Waals surface area contributed by atoms with Crippen LogP contribution in [0.15, 0.2) is 47.3 Å². The molecule has 0 saturated carbocycles. The minimum Gasteiger partial charge on any atom is -0.497 e. The Balaban J connectivity index is 1.88. The van der Waals surface area contributed by atoms with Gasteiger partial charge in [0.05, 0.1) is 18.0 Å². The van der Waals surface area contributed by atoms with Crippen LogP contribution in [0.2, 0.25) is 0 Å². The highest BCUT2D eigenvalue weighted by molar-refractivity contribution is 5.94. The van der Waals surface area contributed by atoms with Gasteiger partial charge in [-0.25, -0.2) is 4.98 Å². The molecule has 6 nitrogen and oxygen atoms in total. The molecule has 0 unspecified atom stereocenters. The Kier molecular flexibility index (Phi) is 5.42. The Bertz CT molecular complexity index is 1320. The lowest BCUT2D eigenvalue weighted by Gasteiger charge is -2.10. The molecule has 0 aliphatic heterocycles. The van der Waals surface area contributed by atoms with Crippen molar-refractivity contribution in [2.45, 2.75) is 19.9 Å². The molecular formula is C24H25N3O3. The molecule has 154 valence electrons. The number of para-hydroxylation sites is 1. The number of aryl methyl sites for hydroxylation is 1. The Morgan fingerprint density at radius 3 is 2.70 bits per heavy atom. The molecule has 0 fully saturated rings. The molecule has 4 aromatic rings. The van der Waals surface area contributed by atoms with Crippen LogP contribution in [-0.4, -0.2) is 32.9 Å². The second-order valence-electron chi connectivity index (χ2n) is 7.30. The van der Waals surface area contributed by atoms with Gasteiger partial charge in [0.15, 0.2) is 0 Å². The van der Waals surface area contributed by atoms with Gasteiger partial charge in [-0.2, -0.15) is 0 Å². The second-order valence-corrected chi connectivity index (χ2v) is 7.30. The fourth-order valence-corrected chi connectivity index (χ4v) is 3.83. The number of methoxy groups -OCH3 is 1. The maximum atomic E-state index is 13.0.